The maximum atomic E-state index is 9.49. The molecule has 3 aromatic rings. The molecule has 0 aliphatic rings. The van der Waals surface area contributed by atoms with E-state index in [1.165, 1.54) is 0 Å². The summed E-state index contributed by atoms with van der Waals surface area (Å²) in [6.45, 7) is 1.89. The Kier molecular flexibility index (Phi) is 2.87. The summed E-state index contributed by atoms with van der Waals surface area (Å²) < 4.78 is 1.65. The maximum absolute atomic E-state index is 9.49. The SMILES string of the molecule is Cc1cc(O)ccc1-n1cc(-c2cccc(O)c2)nn1. The van der Waals surface area contributed by atoms with Crippen LogP contribution in [0.2, 0.25) is 0 Å². The highest BCUT2D eigenvalue weighted by Crippen LogP contribution is 2.23. The Morgan fingerprint density at radius 1 is 1.00 bits per heavy atom. The van der Waals surface area contributed by atoms with E-state index in [1.54, 1.807) is 47.3 Å². The first kappa shape index (κ1) is 12.2. The third-order valence-electron chi connectivity index (χ3n) is 3.06. The molecule has 5 heteroatoms. The van der Waals surface area contributed by atoms with Crippen LogP contribution in [0.25, 0.3) is 16.9 Å². The zero-order valence-corrected chi connectivity index (χ0v) is 10.9. The van der Waals surface area contributed by atoms with E-state index in [9.17, 15) is 10.2 Å². The van der Waals surface area contributed by atoms with Crippen molar-refractivity contribution in [2.45, 2.75) is 6.92 Å². The van der Waals surface area contributed by atoms with Crippen molar-refractivity contribution >= 4 is 0 Å². The van der Waals surface area contributed by atoms with Crippen LogP contribution in [0, 0.1) is 6.92 Å². The van der Waals surface area contributed by atoms with Gasteiger partial charge in [-0.15, -0.1) is 5.10 Å². The van der Waals surface area contributed by atoms with Crippen molar-refractivity contribution in [3.8, 4) is 28.4 Å². The topological polar surface area (TPSA) is 71.2 Å². The zero-order valence-electron chi connectivity index (χ0n) is 10.9. The van der Waals surface area contributed by atoms with Gasteiger partial charge in [0.25, 0.3) is 0 Å². The Morgan fingerprint density at radius 3 is 2.55 bits per heavy atom. The van der Waals surface area contributed by atoms with Gasteiger partial charge >= 0.3 is 0 Å². The molecule has 2 aromatic carbocycles. The lowest BCUT2D eigenvalue weighted by molar-refractivity contribution is 0.474. The lowest BCUT2D eigenvalue weighted by Crippen LogP contribution is -1.97. The Morgan fingerprint density at radius 2 is 1.80 bits per heavy atom. The molecule has 0 bridgehead atoms. The van der Waals surface area contributed by atoms with E-state index >= 15 is 0 Å². The molecular weight excluding hydrogens is 254 g/mol. The second kappa shape index (κ2) is 4.70. The monoisotopic (exact) mass is 267 g/mol. The van der Waals surface area contributed by atoms with Gasteiger partial charge in [0.1, 0.15) is 17.2 Å². The van der Waals surface area contributed by atoms with Gasteiger partial charge < -0.3 is 10.2 Å². The normalized spacial score (nSPS) is 10.7. The minimum atomic E-state index is 0.192. The summed E-state index contributed by atoms with van der Waals surface area (Å²) in [7, 11) is 0. The fourth-order valence-electron chi connectivity index (χ4n) is 2.08. The number of aryl methyl sites for hydroxylation is 1. The highest BCUT2D eigenvalue weighted by atomic mass is 16.3. The molecule has 0 radical (unpaired) electrons. The molecule has 0 fully saturated rings. The van der Waals surface area contributed by atoms with Crippen molar-refractivity contribution in [1.82, 2.24) is 15.0 Å². The molecule has 5 nitrogen and oxygen atoms in total. The van der Waals surface area contributed by atoms with Crippen LogP contribution < -0.4 is 0 Å². The molecule has 0 spiro atoms. The molecule has 0 unspecified atom stereocenters. The second-order valence-corrected chi connectivity index (χ2v) is 4.57. The molecule has 3 rings (SSSR count). The number of benzene rings is 2. The Hall–Kier alpha value is -2.82. The minimum Gasteiger partial charge on any atom is -0.508 e. The van der Waals surface area contributed by atoms with E-state index in [-0.39, 0.29) is 11.5 Å². The average Bonchev–Trinajstić information content (AvgIpc) is 2.88. The van der Waals surface area contributed by atoms with E-state index in [4.69, 9.17) is 0 Å². The van der Waals surface area contributed by atoms with Gasteiger partial charge in [0, 0.05) is 5.56 Å². The van der Waals surface area contributed by atoms with Gasteiger partial charge in [-0.2, -0.15) is 0 Å². The highest BCUT2D eigenvalue weighted by molar-refractivity contribution is 5.60. The number of phenols is 2. The number of aromatic hydroxyl groups is 2. The fraction of sp³-hybridized carbons (Fsp3) is 0.0667. The second-order valence-electron chi connectivity index (χ2n) is 4.57. The molecule has 1 heterocycles. The molecule has 0 saturated heterocycles. The summed E-state index contributed by atoms with van der Waals surface area (Å²) in [5.41, 5.74) is 3.22. The molecule has 0 saturated carbocycles. The average molecular weight is 267 g/mol. The van der Waals surface area contributed by atoms with Crippen LogP contribution in [0.5, 0.6) is 11.5 Å². The van der Waals surface area contributed by atoms with E-state index in [0.29, 0.717) is 5.69 Å². The molecule has 1 aromatic heterocycles. The molecule has 20 heavy (non-hydrogen) atoms. The van der Waals surface area contributed by atoms with Crippen molar-refractivity contribution in [1.29, 1.82) is 0 Å². The quantitative estimate of drug-likeness (QED) is 0.748. The summed E-state index contributed by atoms with van der Waals surface area (Å²) in [6.07, 6.45) is 1.79. The molecule has 0 amide bonds. The van der Waals surface area contributed by atoms with E-state index in [2.05, 4.69) is 10.3 Å². The highest BCUT2D eigenvalue weighted by Gasteiger charge is 2.08. The van der Waals surface area contributed by atoms with Crippen molar-refractivity contribution in [2.24, 2.45) is 0 Å². The van der Waals surface area contributed by atoms with Crippen LogP contribution in [0.15, 0.2) is 48.7 Å². The smallest absolute Gasteiger partial charge is 0.116 e. The van der Waals surface area contributed by atoms with E-state index in [1.807, 2.05) is 13.0 Å². The fourth-order valence-corrected chi connectivity index (χ4v) is 2.08. The predicted octanol–water partition coefficient (Wildman–Crippen LogP) is 2.65. The predicted molar refractivity (Wildman–Crippen MR) is 74.9 cm³/mol. The summed E-state index contributed by atoms with van der Waals surface area (Å²) in [5, 5.41) is 27.1. The van der Waals surface area contributed by atoms with Gasteiger partial charge in [0.2, 0.25) is 0 Å². The van der Waals surface area contributed by atoms with Crippen LogP contribution in [0.1, 0.15) is 5.56 Å². The van der Waals surface area contributed by atoms with E-state index < -0.39 is 0 Å². The van der Waals surface area contributed by atoms with Gasteiger partial charge in [-0.05, 0) is 42.8 Å². The molecule has 0 atom stereocenters. The Balaban J connectivity index is 2.02. The number of rotatable bonds is 2. The van der Waals surface area contributed by atoms with Gasteiger partial charge in [0.05, 0.1) is 11.9 Å². The third kappa shape index (κ3) is 2.21. The molecule has 2 N–H and O–H groups in total. The first-order valence-corrected chi connectivity index (χ1v) is 6.15. The third-order valence-corrected chi connectivity index (χ3v) is 3.06. The number of hydrogen-bond donors (Lipinski definition) is 2. The lowest BCUT2D eigenvalue weighted by atomic mass is 10.1. The first-order valence-electron chi connectivity index (χ1n) is 6.15. The standard InChI is InChI=1S/C15H13N3O2/c1-10-7-13(20)5-6-15(10)18-9-14(16-17-18)11-3-2-4-12(19)8-11/h2-9,19-20H,1H3. The summed E-state index contributed by atoms with van der Waals surface area (Å²) in [6, 6.07) is 11.9. The zero-order chi connectivity index (χ0) is 14.1. The van der Waals surface area contributed by atoms with E-state index in [0.717, 1.165) is 16.8 Å². The van der Waals surface area contributed by atoms with Crippen molar-refractivity contribution in [2.75, 3.05) is 0 Å². The van der Waals surface area contributed by atoms with Gasteiger partial charge in [-0.1, -0.05) is 17.3 Å². The Labute approximate surface area is 115 Å². The number of aromatic nitrogens is 3. The van der Waals surface area contributed by atoms with Gasteiger partial charge in [-0.3, -0.25) is 0 Å². The minimum absolute atomic E-state index is 0.192. The van der Waals surface area contributed by atoms with Crippen LogP contribution in [0.3, 0.4) is 0 Å². The van der Waals surface area contributed by atoms with Crippen molar-refractivity contribution in [3.63, 3.8) is 0 Å². The number of nitrogens with zero attached hydrogens (tertiary/aromatic N) is 3. The molecular formula is C15H13N3O2. The number of hydrogen-bond acceptors (Lipinski definition) is 4. The van der Waals surface area contributed by atoms with Crippen LogP contribution in [0.4, 0.5) is 0 Å². The van der Waals surface area contributed by atoms with Crippen molar-refractivity contribution in [3.05, 3.63) is 54.2 Å². The lowest BCUT2D eigenvalue weighted by Gasteiger charge is -2.04. The Bertz CT molecular complexity index is 765. The maximum Gasteiger partial charge on any atom is 0.116 e. The van der Waals surface area contributed by atoms with Crippen molar-refractivity contribution < 1.29 is 10.2 Å². The van der Waals surface area contributed by atoms with Gasteiger partial charge in [-0.25, -0.2) is 4.68 Å². The van der Waals surface area contributed by atoms with Gasteiger partial charge in [0.15, 0.2) is 0 Å². The van der Waals surface area contributed by atoms with Crippen LogP contribution in [-0.2, 0) is 0 Å². The van der Waals surface area contributed by atoms with Crippen LogP contribution >= 0.6 is 0 Å². The summed E-state index contributed by atoms with van der Waals surface area (Å²) in [4.78, 5) is 0. The molecule has 0 aliphatic heterocycles. The van der Waals surface area contributed by atoms with Crippen LogP contribution in [-0.4, -0.2) is 25.2 Å². The molecule has 100 valence electrons. The summed E-state index contributed by atoms with van der Waals surface area (Å²) in [5.74, 6) is 0.414. The number of phenolic OH excluding ortho intramolecular Hbond substituents is 2. The molecule has 0 aliphatic carbocycles. The summed E-state index contributed by atoms with van der Waals surface area (Å²) >= 11 is 0. The largest absolute Gasteiger partial charge is 0.508 e. The first-order chi connectivity index (χ1) is 9.63.